The van der Waals surface area contributed by atoms with E-state index in [0.29, 0.717) is 0 Å². The largest absolute Gasteiger partial charge is 0.305 e. The van der Waals surface area contributed by atoms with Crippen molar-refractivity contribution in [3.8, 4) is 22.5 Å². The van der Waals surface area contributed by atoms with Gasteiger partial charge in [0.15, 0.2) is 0 Å². The minimum absolute atomic E-state index is 0. The Morgan fingerprint density at radius 1 is 0.838 bits per heavy atom. The van der Waals surface area contributed by atoms with Gasteiger partial charge in [0, 0.05) is 49.4 Å². The van der Waals surface area contributed by atoms with Crippen LogP contribution in [0.2, 0.25) is 19.6 Å². The predicted octanol–water partition coefficient (Wildman–Crippen LogP) is 8.32. The van der Waals surface area contributed by atoms with Gasteiger partial charge in [0.2, 0.25) is 0 Å². The van der Waals surface area contributed by atoms with E-state index in [-0.39, 0.29) is 25.7 Å². The summed E-state index contributed by atoms with van der Waals surface area (Å²) in [6, 6.07) is 34.4. The second kappa shape index (κ2) is 11.6. The first kappa shape index (κ1) is 23.2. The molecule has 0 unspecified atom stereocenters. The molecule has 0 aliphatic heterocycles. The third-order valence-corrected chi connectivity index (χ3v) is 9.13. The van der Waals surface area contributed by atoms with Crippen LogP contribution in [-0.4, -0.2) is 18.0 Å². The summed E-state index contributed by atoms with van der Waals surface area (Å²) < 4.78 is 25.1. The number of benzene rings is 3. The molecule has 0 spiro atoms. The fourth-order valence-electron chi connectivity index (χ4n) is 4.17. The molecule has 0 saturated heterocycles. The van der Waals surface area contributed by atoms with Gasteiger partial charge in [-0.15, -0.1) is 58.8 Å². The van der Waals surface area contributed by atoms with E-state index in [1.54, 1.807) is 29.7 Å². The van der Waals surface area contributed by atoms with E-state index < -0.39 is 14.9 Å². The second-order valence-electron chi connectivity index (χ2n) is 9.55. The van der Waals surface area contributed by atoms with Gasteiger partial charge in [0.25, 0.3) is 0 Å². The van der Waals surface area contributed by atoms with E-state index >= 15 is 0 Å². The van der Waals surface area contributed by atoms with Crippen molar-refractivity contribution in [3.63, 3.8) is 0 Å². The molecule has 3 heterocycles. The Labute approximate surface area is 242 Å². The molecule has 0 saturated carbocycles. The summed E-state index contributed by atoms with van der Waals surface area (Å²) in [5.41, 5.74) is 3.99. The number of aromatic nitrogens is 2. The molecule has 0 bridgehead atoms. The summed E-state index contributed by atoms with van der Waals surface area (Å²) in [5.74, 6) is 0. The van der Waals surface area contributed by atoms with E-state index in [2.05, 4.69) is 72.1 Å². The Morgan fingerprint density at radius 2 is 1.65 bits per heavy atom. The zero-order chi connectivity index (χ0) is 27.6. The number of nitrogens with zero attached hydrogens (tertiary/aromatic N) is 2. The Morgan fingerprint density at radius 3 is 2.32 bits per heavy atom. The van der Waals surface area contributed by atoms with Crippen LogP contribution in [0.3, 0.4) is 0 Å². The Bertz CT molecular complexity index is 1680. The normalized spacial score (nSPS) is 12.6. The van der Waals surface area contributed by atoms with Crippen molar-refractivity contribution in [2.45, 2.75) is 26.5 Å². The number of thiophene rings is 1. The molecule has 1 radical (unpaired) electrons. The van der Waals surface area contributed by atoms with Crippen molar-refractivity contribution in [3.05, 3.63) is 115 Å². The first-order valence-corrected chi connectivity index (χ1v) is 16.2. The number of rotatable bonds is 3. The third-order valence-electron chi connectivity index (χ3n) is 5.93. The van der Waals surface area contributed by atoms with Crippen LogP contribution in [0.4, 0.5) is 0 Å². The van der Waals surface area contributed by atoms with Gasteiger partial charge >= 0.3 is 0 Å². The van der Waals surface area contributed by atoms with Crippen LogP contribution in [0.5, 0.6) is 0 Å². The number of hydrogen-bond acceptors (Lipinski definition) is 3. The molecule has 0 aliphatic rings. The van der Waals surface area contributed by atoms with Crippen molar-refractivity contribution in [1.29, 1.82) is 0 Å². The Kier molecular flexibility index (Phi) is 7.28. The molecular formula is C32H28IrN2SSi-2. The molecule has 0 atom stereocenters. The van der Waals surface area contributed by atoms with E-state index in [4.69, 9.17) is 4.11 Å². The predicted molar refractivity (Wildman–Crippen MR) is 158 cm³/mol. The molecule has 187 valence electrons. The molecule has 0 aliphatic carbocycles. The van der Waals surface area contributed by atoms with Gasteiger partial charge < -0.3 is 9.97 Å². The molecule has 0 fully saturated rings. The van der Waals surface area contributed by atoms with Crippen LogP contribution in [0, 0.1) is 19.0 Å². The van der Waals surface area contributed by atoms with Crippen molar-refractivity contribution < 1.29 is 24.2 Å². The second-order valence-corrected chi connectivity index (χ2v) is 15.6. The van der Waals surface area contributed by atoms with Crippen molar-refractivity contribution in [2.24, 2.45) is 0 Å². The fraction of sp³-hybridized carbons (Fsp3) is 0.125. The SMILES string of the molecule is [2H]C([2H])([2H])c1ccc(-c2[c-]cc([Si](C)(C)C)c3c2sc2ccccc23)nc1.[Ir].[c-]1ccccc1-c1ccccn1. The fourth-order valence-corrected chi connectivity index (χ4v) is 7.01. The maximum absolute atomic E-state index is 7.54. The van der Waals surface area contributed by atoms with Crippen molar-refractivity contribution in [1.82, 2.24) is 9.97 Å². The summed E-state index contributed by atoms with van der Waals surface area (Å²) >= 11 is 1.76. The van der Waals surface area contributed by atoms with Gasteiger partial charge in [-0.2, -0.15) is 11.3 Å². The maximum Gasteiger partial charge on any atom is 0.0300 e. The number of pyridine rings is 2. The molecule has 37 heavy (non-hydrogen) atoms. The van der Waals surface area contributed by atoms with Gasteiger partial charge in [-0.1, -0.05) is 67.5 Å². The molecule has 6 aromatic rings. The molecule has 0 N–H and O–H groups in total. The molecule has 6 rings (SSSR count). The minimum atomic E-state index is -2.14. The first-order valence-electron chi connectivity index (χ1n) is 13.3. The van der Waals surface area contributed by atoms with Crippen molar-refractivity contribution >= 4 is 44.8 Å². The monoisotopic (exact) mass is 696 g/mol. The van der Waals surface area contributed by atoms with Gasteiger partial charge in [-0.3, -0.25) is 0 Å². The average molecular weight is 696 g/mol. The summed E-state index contributed by atoms with van der Waals surface area (Å²) in [4.78, 5) is 8.67. The van der Waals surface area contributed by atoms with E-state index in [0.717, 1.165) is 22.5 Å². The Balaban J connectivity index is 0.000000238. The number of fused-ring (bicyclic) bond motifs is 3. The van der Waals surface area contributed by atoms with E-state index in [1.165, 1.54) is 31.6 Å². The molecule has 5 heteroatoms. The smallest absolute Gasteiger partial charge is 0.0300 e. The first-order chi connectivity index (χ1) is 18.6. The molecule has 3 aromatic heterocycles. The van der Waals surface area contributed by atoms with Crippen LogP contribution in [0.15, 0.2) is 97.3 Å². The van der Waals surface area contributed by atoms with Gasteiger partial charge in [0.1, 0.15) is 0 Å². The zero-order valence-corrected chi connectivity index (χ0v) is 25.1. The molecule has 2 nitrogen and oxygen atoms in total. The third kappa shape index (κ3) is 5.97. The van der Waals surface area contributed by atoms with Crippen LogP contribution in [-0.2, 0) is 20.1 Å². The van der Waals surface area contributed by atoms with Crippen LogP contribution >= 0.6 is 11.3 Å². The van der Waals surface area contributed by atoms with Gasteiger partial charge in [-0.25, -0.2) is 0 Å². The summed E-state index contributed by atoms with van der Waals surface area (Å²) in [7, 11) is -1.56. The van der Waals surface area contributed by atoms with Crippen LogP contribution in [0.25, 0.3) is 42.7 Å². The van der Waals surface area contributed by atoms with Crippen LogP contribution < -0.4 is 5.19 Å². The van der Waals surface area contributed by atoms with Crippen molar-refractivity contribution in [2.75, 3.05) is 0 Å². The minimum Gasteiger partial charge on any atom is -0.305 e. The molecular weight excluding hydrogens is 665 g/mol. The molecule has 3 aromatic carbocycles. The summed E-state index contributed by atoms with van der Waals surface area (Å²) in [6.07, 6.45) is 3.25. The summed E-state index contributed by atoms with van der Waals surface area (Å²) in [5, 5.41) is 3.99. The topological polar surface area (TPSA) is 25.8 Å². The van der Waals surface area contributed by atoms with E-state index in [1.807, 2.05) is 42.5 Å². The quantitative estimate of drug-likeness (QED) is 0.138. The zero-order valence-electron chi connectivity index (χ0n) is 23.9. The number of aryl methyl sites for hydroxylation is 1. The van der Waals surface area contributed by atoms with Gasteiger partial charge in [0.05, 0.1) is 0 Å². The van der Waals surface area contributed by atoms with Gasteiger partial charge in [-0.05, 0) is 46.0 Å². The summed E-state index contributed by atoms with van der Waals surface area (Å²) in [6.45, 7) is 4.92. The number of hydrogen-bond donors (Lipinski definition) is 0. The van der Waals surface area contributed by atoms with Crippen LogP contribution in [0.1, 0.15) is 9.68 Å². The standard InChI is InChI=1S/C21H20NSSi.C11H8N.Ir/c1-14-9-11-17(22-13-14)15-10-12-19(24(2,3)4)20-16-7-5-6-8-18(16)23-21(15)20;1-2-6-10(7-3-1)11-8-4-5-9-12-11;/h5-9,11-13H,1-4H3;1-6,8-9H;/q2*-1;/i1D3;;. The Hall–Kier alpha value is -2.95. The maximum atomic E-state index is 7.54. The van der Waals surface area contributed by atoms with E-state index in [9.17, 15) is 0 Å². The average Bonchev–Trinajstić information content (AvgIpc) is 3.33. The molecule has 0 amide bonds.